The van der Waals surface area contributed by atoms with Crippen molar-refractivity contribution in [1.29, 1.82) is 0 Å². The summed E-state index contributed by atoms with van der Waals surface area (Å²) < 4.78 is 10.6. The number of ether oxygens (including phenoxy) is 2. The molecule has 3 saturated heterocycles. The Hall–Kier alpha value is -2.28. The van der Waals surface area contributed by atoms with Crippen LogP contribution in [-0.4, -0.2) is 63.7 Å². The van der Waals surface area contributed by atoms with Gasteiger partial charge in [0, 0.05) is 50.8 Å². The monoisotopic (exact) mass is 387 g/mol. The third-order valence-electron chi connectivity index (χ3n) is 6.59. The van der Waals surface area contributed by atoms with E-state index in [9.17, 15) is 9.59 Å². The second-order valence-corrected chi connectivity index (χ2v) is 8.23. The fraction of sp³-hybridized carbons (Fsp3) is 0.619. The van der Waals surface area contributed by atoms with Crippen molar-refractivity contribution >= 4 is 17.5 Å². The number of anilines is 1. The van der Waals surface area contributed by atoms with E-state index in [1.165, 1.54) is 6.42 Å². The first-order valence-electron chi connectivity index (χ1n) is 10.1. The van der Waals surface area contributed by atoms with Gasteiger partial charge in [0.25, 0.3) is 0 Å². The minimum atomic E-state index is -0.277. The summed E-state index contributed by atoms with van der Waals surface area (Å²) in [6, 6.07) is 5.39. The molecule has 3 heterocycles. The highest BCUT2D eigenvalue weighted by molar-refractivity contribution is 6.00. The van der Waals surface area contributed by atoms with Gasteiger partial charge in [0.1, 0.15) is 11.5 Å². The number of hydrogen-bond donors (Lipinski definition) is 1. The van der Waals surface area contributed by atoms with Crippen LogP contribution in [0.25, 0.3) is 0 Å². The lowest BCUT2D eigenvalue weighted by atomic mass is 9.77. The largest absolute Gasteiger partial charge is 0.497 e. The lowest BCUT2D eigenvalue weighted by Crippen LogP contribution is -2.46. The number of amides is 2. The number of hydrogen-bond acceptors (Lipinski definition) is 5. The van der Waals surface area contributed by atoms with E-state index in [1.807, 2.05) is 17.0 Å². The van der Waals surface area contributed by atoms with Gasteiger partial charge >= 0.3 is 0 Å². The molecule has 0 aromatic heterocycles. The Labute approximate surface area is 166 Å². The summed E-state index contributed by atoms with van der Waals surface area (Å²) in [4.78, 5) is 29.3. The molecule has 3 fully saturated rings. The first-order valence-corrected chi connectivity index (χ1v) is 10.1. The first-order chi connectivity index (χ1) is 13.5. The fourth-order valence-corrected chi connectivity index (χ4v) is 4.75. The van der Waals surface area contributed by atoms with E-state index in [0.717, 1.165) is 39.0 Å². The van der Waals surface area contributed by atoms with E-state index in [4.69, 9.17) is 9.47 Å². The van der Waals surface area contributed by atoms with Crippen LogP contribution in [0.15, 0.2) is 18.2 Å². The number of carbonyl (C=O) groups excluding carboxylic acids is 2. The van der Waals surface area contributed by atoms with E-state index in [1.54, 1.807) is 25.2 Å². The van der Waals surface area contributed by atoms with Crippen molar-refractivity contribution in [3.8, 4) is 11.5 Å². The zero-order chi connectivity index (χ0) is 19.7. The van der Waals surface area contributed by atoms with Crippen LogP contribution in [0.4, 0.5) is 5.69 Å². The average molecular weight is 387 g/mol. The van der Waals surface area contributed by atoms with Crippen molar-refractivity contribution < 1.29 is 19.1 Å². The predicted octanol–water partition coefficient (Wildman–Crippen LogP) is 1.66. The van der Waals surface area contributed by atoms with E-state index in [2.05, 4.69) is 5.32 Å². The van der Waals surface area contributed by atoms with Gasteiger partial charge < -0.3 is 24.6 Å². The number of benzene rings is 1. The van der Waals surface area contributed by atoms with Crippen LogP contribution in [0.3, 0.4) is 0 Å². The molecule has 0 radical (unpaired) electrons. The molecular weight excluding hydrogens is 358 g/mol. The molecule has 0 aliphatic carbocycles. The highest BCUT2D eigenvalue weighted by Crippen LogP contribution is 2.38. The van der Waals surface area contributed by atoms with Crippen LogP contribution < -0.4 is 19.7 Å². The maximum atomic E-state index is 13.1. The minimum absolute atomic E-state index is 0.0258. The lowest BCUT2D eigenvalue weighted by molar-refractivity contribution is -0.137. The van der Waals surface area contributed by atoms with Crippen molar-refractivity contribution in [3.05, 3.63) is 18.2 Å². The number of piperidine rings is 1. The molecule has 0 saturated carbocycles. The summed E-state index contributed by atoms with van der Waals surface area (Å²) in [6.07, 6.45) is 3.59. The van der Waals surface area contributed by atoms with Crippen LogP contribution >= 0.6 is 0 Å². The molecule has 1 N–H and O–H groups in total. The molecule has 1 aromatic carbocycles. The maximum absolute atomic E-state index is 13.1. The van der Waals surface area contributed by atoms with Crippen LogP contribution in [0.1, 0.15) is 25.7 Å². The SMILES string of the molecule is COc1cc(OC)cc(N2CC(C(=O)N3CCC4(CCNC4)CC3)CC2=O)c1. The summed E-state index contributed by atoms with van der Waals surface area (Å²) in [5.41, 5.74) is 1.09. The molecule has 0 bridgehead atoms. The zero-order valence-corrected chi connectivity index (χ0v) is 16.7. The molecule has 7 nitrogen and oxygen atoms in total. The van der Waals surface area contributed by atoms with Crippen LogP contribution in [0, 0.1) is 11.3 Å². The van der Waals surface area contributed by atoms with Gasteiger partial charge in [-0.15, -0.1) is 0 Å². The maximum Gasteiger partial charge on any atom is 0.228 e. The molecule has 152 valence electrons. The smallest absolute Gasteiger partial charge is 0.228 e. The predicted molar refractivity (Wildman–Crippen MR) is 106 cm³/mol. The molecule has 3 aliphatic heterocycles. The van der Waals surface area contributed by atoms with E-state index in [-0.39, 0.29) is 24.2 Å². The third kappa shape index (κ3) is 3.55. The number of likely N-dealkylation sites (tertiary alicyclic amines) is 1. The fourth-order valence-electron chi connectivity index (χ4n) is 4.75. The van der Waals surface area contributed by atoms with Gasteiger partial charge in [-0.25, -0.2) is 0 Å². The lowest BCUT2D eigenvalue weighted by Gasteiger charge is -2.39. The third-order valence-corrected chi connectivity index (χ3v) is 6.59. The normalized spacial score (nSPS) is 24.1. The molecule has 4 rings (SSSR count). The molecular formula is C21H29N3O4. The Balaban J connectivity index is 1.42. The number of nitrogens with zero attached hydrogens (tertiary/aromatic N) is 2. The Kier molecular flexibility index (Phi) is 5.19. The van der Waals surface area contributed by atoms with Gasteiger partial charge in [0.05, 0.1) is 25.8 Å². The summed E-state index contributed by atoms with van der Waals surface area (Å²) >= 11 is 0. The number of rotatable bonds is 4. The van der Waals surface area contributed by atoms with Gasteiger partial charge in [-0.2, -0.15) is 0 Å². The highest BCUT2D eigenvalue weighted by Gasteiger charge is 2.42. The van der Waals surface area contributed by atoms with Gasteiger partial charge in [-0.1, -0.05) is 0 Å². The first kappa shape index (κ1) is 19.1. The molecule has 1 unspecified atom stereocenters. The van der Waals surface area contributed by atoms with Gasteiger partial charge in [0.15, 0.2) is 0 Å². The standard InChI is InChI=1S/C21H29N3O4/c1-27-17-10-16(11-18(12-17)28-2)24-13-15(9-19(24)25)20(26)23-7-4-21(5-8-23)3-6-22-14-21/h10-12,15,22H,3-9,13-14H2,1-2H3. The van der Waals surface area contributed by atoms with Crippen molar-refractivity contribution in [2.24, 2.45) is 11.3 Å². The summed E-state index contributed by atoms with van der Waals surface area (Å²) in [6.45, 7) is 4.18. The summed E-state index contributed by atoms with van der Waals surface area (Å²) in [5, 5.41) is 3.46. The molecule has 7 heteroatoms. The zero-order valence-electron chi connectivity index (χ0n) is 16.7. The summed E-state index contributed by atoms with van der Waals surface area (Å²) in [7, 11) is 3.17. The van der Waals surface area contributed by atoms with Gasteiger partial charge in [0.2, 0.25) is 11.8 Å². The van der Waals surface area contributed by atoms with E-state index < -0.39 is 0 Å². The van der Waals surface area contributed by atoms with Crippen molar-refractivity contribution in [2.45, 2.75) is 25.7 Å². The second kappa shape index (κ2) is 7.62. The minimum Gasteiger partial charge on any atom is -0.497 e. The molecule has 1 aromatic rings. The van der Waals surface area contributed by atoms with Crippen molar-refractivity contribution in [1.82, 2.24) is 10.2 Å². The second-order valence-electron chi connectivity index (χ2n) is 8.23. The topological polar surface area (TPSA) is 71.1 Å². The number of carbonyl (C=O) groups is 2. The quantitative estimate of drug-likeness (QED) is 0.851. The highest BCUT2D eigenvalue weighted by atomic mass is 16.5. The van der Waals surface area contributed by atoms with Crippen molar-refractivity contribution in [2.75, 3.05) is 51.8 Å². The van der Waals surface area contributed by atoms with Crippen molar-refractivity contribution in [3.63, 3.8) is 0 Å². The Morgan fingerprint density at radius 1 is 1.11 bits per heavy atom. The molecule has 2 amide bonds. The number of nitrogens with one attached hydrogen (secondary N) is 1. The molecule has 28 heavy (non-hydrogen) atoms. The van der Waals surface area contributed by atoms with Gasteiger partial charge in [-0.05, 0) is 31.2 Å². The Bertz CT molecular complexity index is 728. The van der Waals surface area contributed by atoms with E-state index >= 15 is 0 Å². The molecule has 1 spiro atoms. The molecule has 3 aliphatic rings. The van der Waals surface area contributed by atoms with Gasteiger partial charge in [-0.3, -0.25) is 9.59 Å². The average Bonchev–Trinajstić information content (AvgIpc) is 3.34. The molecule has 1 atom stereocenters. The van der Waals surface area contributed by atoms with Crippen LogP contribution in [0.2, 0.25) is 0 Å². The summed E-state index contributed by atoms with van der Waals surface area (Å²) in [5.74, 6) is 1.07. The van der Waals surface area contributed by atoms with E-state index in [0.29, 0.717) is 29.1 Å². The number of methoxy groups -OCH3 is 2. The Morgan fingerprint density at radius 3 is 2.36 bits per heavy atom. The van der Waals surface area contributed by atoms with Crippen LogP contribution in [0.5, 0.6) is 11.5 Å². The van der Waals surface area contributed by atoms with Crippen LogP contribution in [-0.2, 0) is 9.59 Å². The Morgan fingerprint density at radius 2 is 1.79 bits per heavy atom.